The minimum absolute atomic E-state index is 0.0674. The van der Waals surface area contributed by atoms with E-state index in [9.17, 15) is 28.8 Å². The van der Waals surface area contributed by atoms with Crippen molar-refractivity contribution in [1.29, 1.82) is 0 Å². The Balaban J connectivity index is 1.93. The molecule has 0 bridgehead atoms. The number of nitrogens with one attached hydrogen (secondary N) is 2. The molecule has 0 spiro atoms. The number of hydrogen-bond donors (Lipinski definition) is 3. The van der Waals surface area contributed by atoms with Gasteiger partial charge in [-0.25, -0.2) is 18.5 Å². The van der Waals surface area contributed by atoms with Crippen molar-refractivity contribution < 1.29 is 46.9 Å². The molecule has 3 rings (SSSR count). The van der Waals surface area contributed by atoms with Crippen molar-refractivity contribution in [2.45, 2.75) is 70.4 Å². The predicted molar refractivity (Wildman–Crippen MR) is 137 cm³/mol. The molecule has 2 heterocycles. The van der Waals surface area contributed by atoms with E-state index in [2.05, 4.69) is 5.09 Å². The molecule has 0 amide bonds. The first-order valence-electron chi connectivity index (χ1n) is 12.1. The van der Waals surface area contributed by atoms with E-state index >= 15 is 4.39 Å². The third-order valence-electron chi connectivity index (χ3n) is 5.50. The summed E-state index contributed by atoms with van der Waals surface area (Å²) in [6, 6.07) is 7.28. The van der Waals surface area contributed by atoms with E-state index in [4.69, 9.17) is 23.3 Å². The number of halogens is 1. The molecular formula is C24H31FN3O11P. The average molecular weight is 587 g/mol. The number of carbonyl (C=O) groups is 2. The highest BCUT2D eigenvalue weighted by Gasteiger charge is 2.59. The molecule has 1 fully saturated rings. The summed E-state index contributed by atoms with van der Waals surface area (Å²) in [6.45, 7) is 6.11. The van der Waals surface area contributed by atoms with Crippen LogP contribution in [0.2, 0.25) is 0 Å². The number of aliphatic carboxylic acids is 1. The van der Waals surface area contributed by atoms with Crippen LogP contribution in [0.4, 0.5) is 9.18 Å². The molecule has 1 unspecified atom stereocenters. The van der Waals surface area contributed by atoms with Gasteiger partial charge in [-0.2, -0.15) is 5.09 Å². The van der Waals surface area contributed by atoms with E-state index in [1.165, 1.54) is 19.1 Å². The van der Waals surface area contributed by atoms with Gasteiger partial charge < -0.3 is 23.8 Å². The van der Waals surface area contributed by atoms with Gasteiger partial charge in [0.25, 0.3) is 5.56 Å². The third-order valence-corrected chi connectivity index (χ3v) is 7.14. The molecule has 1 aromatic heterocycles. The molecule has 2 aromatic rings. The summed E-state index contributed by atoms with van der Waals surface area (Å²) in [5, 5.41) is 11.6. The standard InChI is InChI=1S/C24H31FN3O11P/c1-14(19(30)31)27-40(34,39-15-9-7-6-8-10-15)35-13-16-18(37-22(33)38-23(2,3)4)24(5,25)20(36-16)28-12-11-17(29)26-21(28)32/h6-12,14,16,18,20H,13H2,1-5H3,(H,27,34)(H,30,31)(H,26,29,32)/t14-,16+,18+,20+,24+,40?/m0/s1. The number of aromatic amines is 1. The van der Waals surface area contributed by atoms with Gasteiger partial charge in [-0.1, -0.05) is 18.2 Å². The van der Waals surface area contributed by atoms with E-state index in [0.717, 1.165) is 23.8 Å². The first-order valence-corrected chi connectivity index (χ1v) is 13.6. The monoisotopic (exact) mass is 587 g/mol. The molecule has 220 valence electrons. The summed E-state index contributed by atoms with van der Waals surface area (Å²) < 4.78 is 57.6. The van der Waals surface area contributed by atoms with Crippen molar-refractivity contribution in [3.8, 4) is 5.75 Å². The van der Waals surface area contributed by atoms with Crippen LogP contribution in [0.3, 0.4) is 0 Å². The Morgan fingerprint density at radius 2 is 1.90 bits per heavy atom. The first-order chi connectivity index (χ1) is 18.5. The maximum absolute atomic E-state index is 16.3. The molecule has 1 aromatic carbocycles. The minimum atomic E-state index is -4.47. The fraction of sp³-hybridized carbons (Fsp3) is 0.500. The smallest absolute Gasteiger partial charge is 0.480 e. The van der Waals surface area contributed by atoms with E-state index < -0.39 is 73.5 Å². The molecule has 40 heavy (non-hydrogen) atoms. The molecular weight excluding hydrogens is 556 g/mol. The van der Waals surface area contributed by atoms with Crippen LogP contribution in [0.1, 0.15) is 40.8 Å². The van der Waals surface area contributed by atoms with Crippen LogP contribution in [0.5, 0.6) is 5.75 Å². The summed E-state index contributed by atoms with van der Waals surface area (Å²) in [5.74, 6) is -1.30. The number of aromatic nitrogens is 2. The zero-order chi connectivity index (χ0) is 29.9. The molecule has 1 aliphatic heterocycles. The Kier molecular flexibility index (Phi) is 9.24. The summed E-state index contributed by atoms with van der Waals surface area (Å²) in [7, 11) is -4.47. The Bertz CT molecular complexity index is 1370. The van der Waals surface area contributed by atoms with Gasteiger partial charge in [0, 0.05) is 12.3 Å². The molecule has 3 N–H and O–H groups in total. The van der Waals surface area contributed by atoms with Gasteiger partial charge >= 0.3 is 25.6 Å². The Morgan fingerprint density at radius 1 is 1.25 bits per heavy atom. The molecule has 0 aliphatic carbocycles. The summed E-state index contributed by atoms with van der Waals surface area (Å²) in [5.41, 5.74) is -5.35. The van der Waals surface area contributed by atoms with Crippen LogP contribution in [0.15, 0.2) is 52.2 Å². The second-order valence-electron chi connectivity index (χ2n) is 10.1. The molecule has 0 radical (unpaired) electrons. The lowest BCUT2D eigenvalue weighted by Crippen LogP contribution is -2.46. The Labute approximate surface area is 227 Å². The van der Waals surface area contributed by atoms with Crippen LogP contribution < -0.4 is 20.9 Å². The van der Waals surface area contributed by atoms with E-state index in [0.29, 0.717) is 0 Å². The fourth-order valence-electron chi connectivity index (χ4n) is 3.69. The molecule has 16 heteroatoms. The highest BCUT2D eigenvalue weighted by atomic mass is 31.2. The lowest BCUT2D eigenvalue weighted by molar-refractivity contribution is -0.138. The second-order valence-corrected chi connectivity index (χ2v) is 11.8. The van der Waals surface area contributed by atoms with E-state index in [1.54, 1.807) is 39.0 Å². The number of carbonyl (C=O) groups excluding carboxylic acids is 1. The third kappa shape index (κ3) is 7.78. The van der Waals surface area contributed by atoms with Gasteiger partial charge in [0.2, 0.25) is 0 Å². The highest BCUT2D eigenvalue weighted by molar-refractivity contribution is 7.52. The first kappa shape index (κ1) is 31.0. The van der Waals surface area contributed by atoms with E-state index in [-0.39, 0.29) is 5.75 Å². The van der Waals surface area contributed by atoms with Crippen molar-refractivity contribution in [2.24, 2.45) is 0 Å². The van der Waals surface area contributed by atoms with Crippen molar-refractivity contribution >= 4 is 19.9 Å². The molecule has 1 aliphatic rings. The largest absolute Gasteiger partial charge is 0.509 e. The van der Waals surface area contributed by atoms with Crippen LogP contribution in [0.25, 0.3) is 0 Å². The molecule has 1 saturated heterocycles. The molecule has 14 nitrogen and oxygen atoms in total. The number of H-pyrrole nitrogens is 1. The SMILES string of the molecule is C[C@H](NP(=O)(OC[C@H]1O[C@@H](n2ccc(=O)[nH]c2=O)[C@](C)(F)[C@@H]1OC(=O)OC(C)(C)C)Oc1ccccc1)C(=O)O. The van der Waals surface area contributed by atoms with Crippen LogP contribution in [0, 0.1) is 0 Å². The zero-order valence-electron chi connectivity index (χ0n) is 22.4. The second kappa shape index (κ2) is 11.9. The van der Waals surface area contributed by atoms with Gasteiger partial charge in [-0.15, -0.1) is 0 Å². The van der Waals surface area contributed by atoms with Gasteiger partial charge in [0.15, 0.2) is 18.0 Å². The van der Waals surface area contributed by atoms with Gasteiger partial charge in [-0.3, -0.25) is 23.7 Å². The highest BCUT2D eigenvalue weighted by Crippen LogP contribution is 2.48. The quantitative estimate of drug-likeness (QED) is 0.273. The number of ether oxygens (including phenoxy) is 3. The van der Waals surface area contributed by atoms with Crippen molar-refractivity contribution in [2.75, 3.05) is 6.61 Å². The number of alkyl halides is 1. The van der Waals surface area contributed by atoms with Crippen LogP contribution in [-0.4, -0.2) is 62.9 Å². The lowest BCUT2D eigenvalue weighted by atomic mass is 9.98. The number of rotatable bonds is 10. The van der Waals surface area contributed by atoms with Crippen molar-refractivity contribution in [3.63, 3.8) is 0 Å². The number of hydrogen-bond acceptors (Lipinski definition) is 10. The Hall–Kier alpha value is -3.52. The normalized spacial score (nSPS) is 25.0. The number of carboxylic acids is 1. The number of para-hydroxylation sites is 1. The lowest BCUT2D eigenvalue weighted by Gasteiger charge is -2.29. The summed E-state index contributed by atoms with van der Waals surface area (Å²) in [4.78, 5) is 49.8. The maximum Gasteiger partial charge on any atom is 0.509 e. The Morgan fingerprint density at radius 3 is 2.48 bits per heavy atom. The molecule has 6 atom stereocenters. The van der Waals surface area contributed by atoms with Gasteiger partial charge in [0.1, 0.15) is 23.5 Å². The number of nitrogens with zero attached hydrogens (tertiary/aromatic N) is 1. The van der Waals surface area contributed by atoms with Crippen LogP contribution >= 0.6 is 7.75 Å². The van der Waals surface area contributed by atoms with Crippen molar-refractivity contribution in [1.82, 2.24) is 14.6 Å². The van der Waals surface area contributed by atoms with Crippen molar-refractivity contribution in [3.05, 3.63) is 63.4 Å². The van der Waals surface area contributed by atoms with Gasteiger partial charge in [-0.05, 0) is 46.8 Å². The number of benzene rings is 1. The fourth-order valence-corrected chi connectivity index (χ4v) is 5.20. The maximum atomic E-state index is 16.3. The minimum Gasteiger partial charge on any atom is -0.480 e. The van der Waals surface area contributed by atoms with E-state index in [1.807, 2.05) is 4.98 Å². The number of carboxylic acid groups (broad SMARTS) is 1. The van der Waals surface area contributed by atoms with Gasteiger partial charge in [0.05, 0.1) is 6.61 Å². The summed E-state index contributed by atoms with van der Waals surface area (Å²) in [6.07, 6.45) is -5.30. The summed E-state index contributed by atoms with van der Waals surface area (Å²) >= 11 is 0. The van der Waals surface area contributed by atoms with Crippen LogP contribution in [-0.2, 0) is 28.1 Å². The predicted octanol–water partition coefficient (Wildman–Crippen LogP) is 2.75. The topological polar surface area (TPSA) is 184 Å². The average Bonchev–Trinajstić information content (AvgIpc) is 3.06. The zero-order valence-corrected chi connectivity index (χ0v) is 23.3. The molecule has 0 saturated carbocycles.